The summed E-state index contributed by atoms with van der Waals surface area (Å²) < 4.78 is 17.9. The molecule has 4 aromatic rings. The van der Waals surface area contributed by atoms with Gasteiger partial charge in [-0.1, -0.05) is 17.7 Å². The van der Waals surface area contributed by atoms with Gasteiger partial charge in [-0.3, -0.25) is 4.79 Å². The second-order valence-corrected chi connectivity index (χ2v) is 8.49. The minimum atomic E-state index is -0.169. The van der Waals surface area contributed by atoms with Gasteiger partial charge in [0.1, 0.15) is 4.83 Å². The number of amides is 1. The standard InChI is InChI=1S/C23H22ClN3O4S/c1-13-17-11-20(32-23(17)27(26-13)16-7-5-6-15(24)10-16)22(28)25-12-14-8-18(29-2)21(31-4)19(9-14)30-3/h5-11H,12H2,1-4H3,(H,25,28). The molecule has 1 amide bonds. The van der Waals surface area contributed by atoms with Crippen molar-refractivity contribution in [3.8, 4) is 22.9 Å². The van der Waals surface area contributed by atoms with Crippen molar-refractivity contribution in [2.45, 2.75) is 13.5 Å². The van der Waals surface area contributed by atoms with E-state index in [0.717, 1.165) is 27.2 Å². The van der Waals surface area contributed by atoms with Crippen molar-refractivity contribution in [1.29, 1.82) is 0 Å². The van der Waals surface area contributed by atoms with Crippen molar-refractivity contribution < 1.29 is 19.0 Å². The Morgan fingerprint density at radius 2 is 1.81 bits per heavy atom. The Hall–Kier alpha value is -3.23. The Morgan fingerprint density at radius 1 is 1.09 bits per heavy atom. The van der Waals surface area contributed by atoms with E-state index < -0.39 is 0 Å². The van der Waals surface area contributed by atoms with Gasteiger partial charge in [0.25, 0.3) is 5.91 Å². The number of methoxy groups -OCH3 is 3. The van der Waals surface area contributed by atoms with Gasteiger partial charge >= 0.3 is 0 Å². The number of benzene rings is 2. The molecule has 0 aliphatic carbocycles. The number of rotatable bonds is 7. The highest BCUT2D eigenvalue weighted by Crippen LogP contribution is 2.38. The van der Waals surface area contributed by atoms with Gasteiger partial charge in [0, 0.05) is 17.0 Å². The quantitative estimate of drug-likeness (QED) is 0.410. The van der Waals surface area contributed by atoms with Crippen LogP contribution in [0.5, 0.6) is 17.2 Å². The predicted octanol–water partition coefficient (Wildman–Crippen LogP) is 5.00. The van der Waals surface area contributed by atoms with Crippen LogP contribution in [0.1, 0.15) is 20.9 Å². The third kappa shape index (κ3) is 4.11. The lowest BCUT2D eigenvalue weighted by Crippen LogP contribution is -2.21. The lowest BCUT2D eigenvalue weighted by atomic mass is 10.1. The highest BCUT2D eigenvalue weighted by molar-refractivity contribution is 7.20. The number of nitrogens with zero attached hydrogens (tertiary/aromatic N) is 2. The Morgan fingerprint density at radius 3 is 2.44 bits per heavy atom. The largest absolute Gasteiger partial charge is 0.493 e. The minimum absolute atomic E-state index is 0.169. The van der Waals surface area contributed by atoms with Gasteiger partial charge < -0.3 is 19.5 Å². The number of carbonyl (C=O) groups is 1. The first-order chi connectivity index (χ1) is 15.4. The van der Waals surface area contributed by atoms with Crippen molar-refractivity contribution in [2.75, 3.05) is 21.3 Å². The van der Waals surface area contributed by atoms with Crippen LogP contribution in [0.25, 0.3) is 15.9 Å². The number of thiophene rings is 1. The highest BCUT2D eigenvalue weighted by atomic mass is 35.5. The summed E-state index contributed by atoms with van der Waals surface area (Å²) in [5.74, 6) is 1.41. The van der Waals surface area contributed by atoms with Crippen LogP contribution in [0.2, 0.25) is 5.02 Å². The molecule has 0 fully saturated rings. The van der Waals surface area contributed by atoms with Crippen molar-refractivity contribution >= 4 is 39.1 Å². The van der Waals surface area contributed by atoms with Crippen LogP contribution in [-0.4, -0.2) is 37.0 Å². The van der Waals surface area contributed by atoms with Gasteiger partial charge in [0.2, 0.25) is 5.75 Å². The summed E-state index contributed by atoms with van der Waals surface area (Å²) >= 11 is 7.53. The number of aryl methyl sites for hydroxylation is 1. The number of ether oxygens (including phenoxy) is 3. The van der Waals surface area contributed by atoms with E-state index in [9.17, 15) is 4.79 Å². The second kappa shape index (κ2) is 9.10. The van der Waals surface area contributed by atoms with E-state index in [1.807, 2.05) is 54.1 Å². The van der Waals surface area contributed by atoms with Gasteiger partial charge in [-0.05, 0) is 48.9 Å². The topological polar surface area (TPSA) is 74.6 Å². The first kappa shape index (κ1) is 22.0. The van der Waals surface area contributed by atoms with Crippen LogP contribution in [0.15, 0.2) is 42.5 Å². The lowest BCUT2D eigenvalue weighted by Gasteiger charge is -2.14. The molecule has 0 bridgehead atoms. The molecule has 0 aliphatic heterocycles. The van der Waals surface area contributed by atoms with Crippen LogP contribution < -0.4 is 19.5 Å². The van der Waals surface area contributed by atoms with Crippen molar-refractivity contribution in [3.05, 3.63) is 63.6 Å². The van der Waals surface area contributed by atoms with E-state index in [-0.39, 0.29) is 5.91 Å². The van der Waals surface area contributed by atoms with Gasteiger partial charge in [-0.25, -0.2) is 4.68 Å². The fourth-order valence-electron chi connectivity index (χ4n) is 3.45. The number of aromatic nitrogens is 2. The molecule has 0 unspecified atom stereocenters. The first-order valence-electron chi connectivity index (χ1n) is 9.77. The SMILES string of the molecule is COc1cc(CNC(=O)c2cc3c(C)nn(-c4cccc(Cl)c4)c3s2)cc(OC)c1OC. The maximum Gasteiger partial charge on any atom is 0.261 e. The molecule has 9 heteroatoms. The highest BCUT2D eigenvalue weighted by Gasteiger charge is 2.18. The molecule has 0 spiro atoms. The number of halogens is 1. The molecule has 7 nitrogen and oxygen atoms in total. The molecule has 1 N–H and O–H groups in total. The molecule has 2 aromatic heterocycles. The van der Waals surface area contributed by atoms with Gasteiger partial charge in [-0.2, -0.15) is 5.10 Å². The number of fused-ring (bicyclic) bond motifs is 1. The lowest BCUT2D eigenvalue weighted by molar-refractivity contribution is 0.0955. The first-order valence-corrected chi connectivity index (χ1v) is 11.0. The Kier molecular flexibility index (Phi) is 6.25. The summed E-state index contributed by atoms with van der Waals surface area (Å²) in [5, 5.41) is 9.14. The van der Waals surface area contributed by atoms with Crippen LogP contribution in [0.4, 0.5) is 0 Å². The average Bonchev–Trinajstić information content (AvgIpc) is 3.37. The average molecular weight is 472 g/mol. The van der Waals surface area contributed by atoms with Crippen molar-refractivity contribution in [3.63, 3.8) is 0 Å². The molecule has 0 aliphatic rings. The van der Waals surface area contributed by atoms with E-state index in [0.29, 0.717) is 33.7 Å². The molecule has 2 heterocycles. The maximum atomic E-state index is 12.9. The van der Waals surface area contributed by atoms with Gasteiger partial charge in [-0.15, -0.1) is 11.3 Å². The summed E-state index contributed by atoms with van der Waals surface area (Å²) in [4.78, 5) is 14.4. The summed E-state index contributed by atoms with van der Waals surface area (Å²) in [6, 6.07) is 13.0. The molecule has 0 radical (unpaired) electrons. The summed E-state index contributed by atoms with van der Waals surface area (Å²) in [6.07, 6.45) is 0. The number of hydrogen-bond acceptors (Lipinski definition) is 6. The zero-order chi connectivity index (χ0) is 22.8. The summed E-state index contributed by atoms with van der Waals surface area (Å²) in [7, 11) is 4.67. The summed E-state index contributed by atoms with van der Waals surface area (Å²) in [6.45, 7) is 2.23. The predicted molar refractivity (Wildman–Crippen MR) is 126 cm³/mol. The van der Waals surface area contributed by atoms with Crippen molar-refractivity contribution in [1.82, 2.24) is 15.1 Å². The van der Waals surface area contributed by atoms with E-state index >= 15 is 0 Å². The van der Waals surface area contributed by atoms with E-state index in [4.69, 9.17) is 25.8 Å². The molecule has 0 atom stereocenters. The monoisotopic (exact) mass is 471 g/mol. The van der Waals surface area contributed by atoms with E-state index in [2.05, 4.69) is 10.4 Å². The zero-order valence-corrected chi connectivity index (χ0v) is 19.6. The Labute approximate surface area is 194 Å². The molecular formula is C23H22ClN3O4S. The smallest absolute Gasteiger partial charge is 0.261 e. The number of nitrogens with one attached hydrogen (secondary N) is 1. The van der Waals surface area contributed by atoms with Crippen LogP contribution in [0, 0.1) is 6.92 Å². The van der Waals surface area contributed by atoms with E-state index in [1.165, 1.54) is 11.3 Å². The summed E-state index contributed by atoms with van der Waals surface area (Å²) in [5.41, 5.74) is 2.52. The van der Waals surface area contributed by atoms with Crippen LogP contribution in [0.3, 0.4) is 0 Å². The second-order valence-electron chi connectivity index (χ2n) is 7.02. The normalized spacial score (nSPS) is 10.9. The number of carbonyl (C=O) groups excluding carboxylic acids is 1. The van der Waals surface area contributed by atoms with Crippen LogP contribution in [-0.2, 0) is 6.54 Å². The molecule has 4 rings (SSSR count). The van der Waals surface area contributed by atoms with Gasteiger partial charge in [0.15, 0.2) is 11.5 Å². The van der Waals surface area contributed by atoms with Crippen LogP contribution >= 0.6 is 22.9 Å². The molecule has 166 valence electrons. The zero-order valence-electron chi connectivity index (χ0n) is 18.1. The molecule has 0 saturated carbocycles. The van der Waals surface area contributed by atoms with E-state index in [1.54, 1.807) is 21.3 Å². The van der Waals surface area contributed by atoms with Gasteiger partial charge in [0.05, 0.1) is 37.6 Å². The number of hydrogen-bond donors (Lipinski definition) is 1. The fraction of sp³-hybridized carbons (Fsp3) is 0.217. The molecule has 32 heavy (non-hydrogen) atoms. The maximum absolute atomic E-state index is 12.9. The fourth-order valence-corrected chi connectivity index (χ4v) is 4.73. The Balaban J connectivity index is 1.58. The molecule has 2 aromatic carbocycles. The minimum Gasteiger partial charge on any atom is -0.493 e. The third-order valence-electron chi connectivity index (χ3n) is 5.00. The molecular weight excluding hydrogens is 450 g/mol. The Bertz CT molecular complexity index is 1270. The van der Waals surface area contributed by atoms with Crippen molar-refractivity contribution in [2.24, 2.45) is 0 Å². The third-order valence-corrected chi connectivity index (χ3v) is 6.34. The molecule has 0 saturated heterocycles.